The molecule has 0 fully saturated rings. The van der Waals surface area contributed by atoms with Gasteiger partial charge in [-0.15, -0.1) is 0 Å². The highest BCUT2D eigenvalue weighted by Gasteiger charge is 2.16. The molecule has 0 radical (unpaired) electrons. The van der Waals surface area contributed by atoms with Crippen molar-refractivity contribution >= 4 is 22.5 Å². The van der Waals surface area contributed by atoms with E-state index in [-0.39, 0.29) is 11.5 Å². The number of halogens is 1. The zero-order valence-electron chi connectivity index (χ0n) is 13.6. The quantitative estimate of drug-likeness (QED) is 0.432. The van der Waals surface area contributed by atoms with Crippen molar-refractivity contribution < 1.29 is 8.81 Å². The fourth-order valence-electron chi connectivity index (χ4n) is 2.73. The third kappa shape index (κ3) is 3.19. The second-order valence-electron chi connectivity index (χ2n) is 5.71. The van der Waals surface area contributed by atoms with Crippen molar-refractivity contribution in [2.24, 2.45) is 0 Å². The van der Waals surface area contributed by atoms with Crippen LogP contribution < -0.4 is 0 Å². The highest BCUT2D eigenvalue weighted by molar-refractivity contribution is 7.98. The smallest absolute Gasteiger partial charge is 0.229 e. The Hall–Kier alpha value is -3.10. The topological polar surface area (TPSA) is 49.8 Å². The van der Waals surface area contributed by atoms with Crippen LogP contribution in [0, 0.1) is 17.1 Å². The van der Waals surface area contributed by atoms with Crippen LogP contribution in [0.25, 0.3) is 22.2 Å². The van der Waals surface area contributed by atoms with E-state index >= 15 is 0 Å². The van der Waals surface area contributed by atoms with Gasteiger partial charge in [-0.25, -0.2) is 4.39 Å². The van der Waals surface area contributed by atoms with E-state index in [1.165, 1.54) is 23.9 Å². The minimum Gasteiger partial charge on any atom is -0.428 e. The summed E-state index contributed by atoms with van der Waals surface area (Å²) < 4.78 is 18.9. The molecule has 0 N–H and O–H groups in total. The van der Waals surface area contributed by atoms with Crippen LogP contribution in [0.2, 0.25) is 0 Å². The number of nitrogens with zero attached hydrogens (tertiary/aromatic N) is 2. The van der Waals surface area contributed by atoms with E-state index in [0.717, 1.165) is 21.9 Å². The SMILES string of the molecule is N#Cc1nc(-c2cccc3ccccc23)oc1SCc1ccc(F)cc1. The normalized spacial score (nSPS) is 10.8. The van der Waals surface area contributed by atoms with Gasteiger partial charge < -0.3 is 4.42 Å². The molecule has 0 aliphatic heterocycles. The summed E-state index contributed by atoms with van der Waals surface area (Å²) in [5.74, 6) is 0.730. The molecule has 0 saturated carbocycles. The van der Waals surface area contributed by atoms with E-state index in [1.807, 2.05) is 42.5 Å². The van der Waals surface area contributed by atoms with Crippen LogP contribution >= 0.6 is 11.8 Å². The summed E-state index contributed by atoms with van der Waals surface area (Å²) in [5.41, 5.74) is 2.07. The first-order valence-corrected chi connectivity index (χ1v) is 8.99. The monoisotopic (exact) mass is 360 g/mol. The molecular weight excluding hydrogens is 347 g/mol. The van der Waals surface area contributed by atoms with Crippen LogP contribution in [0.5, 0.6) is 0 Å². The van der Waals surface area contributed by atoms with Crippen molar-refractivity contribution in [1.82, 2.24) is 4.98 Å². The number of fused-ring (bicyclic) bond motifs is 1. The van der Waals surface area contributed by atoms with Crippen molar-refractivity contribution in [2.45, 2.75) is 10.8 Å². The lowest BCUT2D eigenvalue weighted by molar-refractivity contribution is 0.483. The fourth-order valence-corrected chi connectivity index (χ4v) is 3.59. The number of thioether (sulfide) groups is 1. The van der Waals surface area contributed by atoms with Gasteiger partial charge in [0.25, 0.3) is 0 Å². The molecule has 0 atom stereocenters. The van der Waals surface area contributed by atoms with E-state index in [4.69, 9.17) is 4.42 Å². The molecule has 126 valence electrons. The highest BCUT2D eigenvalue weighted by Crippen LogP contribution is 2.34. The van der Waals surface area contributed by atoms with Crippen LogP contribution in [-0.2, 0) is 5.75 Å². The van der Waals surface area contributed by atoms with Crippen molar-refractivity contribution in [3.63, 3.8) is 0 Å². The maximum atomic E-state index is 13.0. The molecule has 1 heterocycles. The van der Waals surface area contributed by atoms with E-state index in [1.54, 1.807) is 12.1 Å². The molecule has 5 heteroatoms. The van der Waals surface area contributed by atoms with Crippen molar-refractivity contribution in [1.29, 1.82) is 5.26 Å². The Morgan fingerprint density at radius 3 is 2.58 bits per heavy atom. The standard InChI is InChI=1S/C21H13FN2OS/c22-16-10-8-14(9-11-16)13-26-21-19(12-23)24-20(25-21)18-7-3-5-15-4-1-2-6-17(15)18/h1-11H,13H2. The molecule has 3 aromatic carbocycles. The van der Waals surface area contributed by atoms with Crippen molar-refractivity contribution in [2.75, 3.05) is 0 Å². The third-order valence-electron chi connectivity index (χ3n) is 4.01. The van der Waals surface area contributed by atoms with E-state index in [9.17, 15) is 9.65 Å². The summed E-state index contributed by atoms with van der Waals surface area (Å²) in [5, 5.41) is 12.0. The molecule has 0 aliphatic carbocycles. The number of rotatable bonds is 4. The number of oxazole rings is 1. The number of hydrogen-bond donors (Lipinski definition) is 0. The summed E-state index contributed by atoms with van der Waals surface area (Å²) in [6, 6.07) is 22.2. The van der Waals surface area contributed by atoms with Gasteiger partial charge in [-0.2, -0.15) is 10.2 Å². The molecule has 26 heavy (non-hydrogen) atoms. The lowest BCUT2D eigenvalue weighted by Crippen LogP contribution is -1.82. The summed E-state index contributed by atoms with van der Waals surface area (Å²) in [7, 11) is 0. The summed E-state index contributed by atoms with van der Waals surface area (Å²) in [6.07, 6.45) is 0. The van der Waals surface area contributed by atoms with Gasteiger partial charge in [0.15, 0.2) is 10.8 Å². The van der Waals surface area contributed by atoms with Crippen molar-refractivity contribution in [3.8, 4) is 17.5 Å². The van der Waals surface area contributed by atoms with Crippen LogP contribution in [0.1, 0.15) is 11.3 Å². The van der Waals surface area contributed by atoms with Crippen LogP contribution in [0.3, 0.4) is 0 Å². The first-order chi connectivity index (χ1) is 12.7. The fraction of sp³-hybridized carbons (Fsp3) is 0.0476. The molecule has 0 amide bonds. The molecule has 0 bridgehead atoms. The van der Waals surface area contributed by atoms with Crippen LogP contribution in [0.4, 0.5) is 4.39 Å². The number of hydrogen-bond acceptors (Lipinski definition) is 4. The zero-order chi connectivity index (χ0) is 17.9. The summed E-state index contributed by atoms with van der Waals surface area (Å²) >= 11 is 1.38. The summed E-state index contributed by atoms with van der Waals surface area (Å²) in [4.78, 5) is 4.37. The maximum absolute atomic E-state index is 13.0. The Balaban J connectivity index is 1.67. The van der Waals surface area contributed by atoms with Gasteiger partial charge in [-0.1, -0.05) is 60.3 Å². The van der Waals surface area contributed by atoms with Crippen molar-refractivity contribution in [3.05, 3.63) is 83.8 Å². The number of nitriles is 1. The minimum absolute atomic E-state index is 0.264. The van der Waals surface area contributed by atoms with Gasteiger partial charge in [0.05, 0.1) is 0 Å². The largest absolute Gasteiger partial charge is 0.428 e. The predicted octanol–water partition coefficient (Wildman–Crippen LogP) is 5.80. The second kappa shape index (κ2) is 7.03. The van der Waals surface area contributed by atoms with Gasteiger partial charge in [0.2, 0.25) is 5.89 Å². The molecule has 4 aromatic rings. The van der Waals surface area contributed by atoms with Gasteiger partial charge in [0.1, 0.15) is 11.9 Å². The van der Waals surface area contributed by atoms with Crippen LogP contribution in [-0.4, -0.2) is 4.98 Å². The Morgan fingerprint density at radius 2 is 1.77 bits per heavy atom. The average Bonchev–Trinajstić information content (AvgIpc) is 3.10. The lowest BCUT2D eigenvalue weighted by atomic mass is 10.0. The predicted molar refractivity (Wildman–Crippen MR) is 100 cm³/mol. The molecule has 0 unspecified atom stereocenters. The van der Waals surface area contributed by atoms with Crippen LogP contribution in [0.15, 0.2) is 76.2 Å². The Bertz CT molecular complexity index is 1110. The molecular formula is C21H13FN2OS. The third-order valence-corrected chi connectivity index (χ3v) is 5.02. The number of benzene rings is 3. The molecule has 4 rings (SSSR count). The maximum Gasteiger partial charge on any atom is 0.229 e. The van der Waals surface area contributed by atoms with Gasteiger partial charge in [-0.05, 0) is 34.5 Å². The van der Waals surface area contributed by atoms with Gasteiger partial charge >= 0.3 is 0 Å². The molecule has 0 spiro atoms. The first-order valence-electron chi connectivity index (χ1n) is 8.01. The summed E-state index contributed by atoms with van der Waals surface area (Å²) in [6.45, 7) is 0. The Morgan fingerprint density at radius 1 is 1.00 bits per heavy atom. The Labute approximate surface area is 154 Å². The highest BCUT2D eigenvalue weighted by atomic mass is 32.2. The minimum atomic E-state index is -0.269. The first kappa shape index (κ1) is 16.4. The molecule has 0 saturated heterocycles. The molecule has 3 nitrogen and oxygen atoms in total. The molecule has 1 aromatic heterocycles. The number of aromatic nitrogens is 1. The van der Waals surface area contributed by atoms with E-state index < -0.39 is 0 Å². The second-order valence-corrected chi connectivity index (χ2v) is 6.66. The van der Waals surface area contributed by atoms with Gasteiger partial charge in [-0.3, -0.25) is 0 Å². The van der Waals surface area contributed by atoms with Gasteiger partial charge in [0, 0.05) is 11.3 Å². The lowest BCUT2D eigenvalue weighted by Gasteiger charge is -2.02. The van der Waals surface area contributed by atoms with E-state index in [0.29, 0.717) is 16.7 Å². The molecule has 0 aliphatic rings. The van der Waals surface area contributed by atoms with E-state index in [2.05, 4.69) is 11.1 Å². The average molecular weight is 360 g/mol. The zero-order valence-corrected chi connectivity index (χ0v) is 14.5. The Kier molecular flexibility index (Phi) is 4.42.